The summed E-state index contributed by atoms with van der Waals surface area (Å²) in [4.78, 5) is 16.8. The number of aromatic nitrogens is 3. The molecule has 1 N–H and O–H groups in total. The lowest BCUT2D eigenvalue weighted by molar-refractivity contribution is -0.118. The number of nitrogens with one attached hydrogen (secondary N) is 1. The lowest BCUT2D eigenvalue weighted by Crippen LogP contribution is -2.26. The fourth-order valence-corrected chi connectivity index (χ4v) is 4.21. The van der Waals surface area contributed by atoms with E-state index in [1.54, 1.807) is 6.20 Å². The smallest absolute Gasteiger partial charge is 0.230 e. The Morgan fingerprint density at radius 2 is 1.90 bits per heavy atom. The van der Waals surface area contributed by atoms with Crippen LogP contribution in [-0.4, -0.2) is 32.8 Å². The Morgan fingerprint density at radius 1 is 1.06 bits per heavy atom. The highest BCUT2D eigenvalue weighted by molar-refractivity contribution is 8.00. The van der Waals surface area contributed by atoms with Crippen molar-refractivity contribution in [3.8, 4) is 11.3 Å². The van der Waals surface area contributed by atoms with Gasteiger partial charge in [-0.25, -0.2) is 9.50 Å². The molecule has 2 aromatic heterocycles. The van der Waals surface area contributed by atoms with Gasteiger partial charge in [-0.3, -0.25) is 4.79 Å². The minimum Gasteiger partial charge on any atom is -0.355 e. The van der Waals surface area contributed by atoms with Gasteiger partial charge in [0.1, 0.15) is 5.03 Å². The van der Waals surface area contributed by atoms with Crippen molar-refractivity contribution >= 4 is 23.2 Å². The topological polar surface area (TPSA) is 59.3 Å². The summed E-state index contributed by atoms with van der Waals surface area (Å²) in [6.07, 6.45) is 5.46. The molecule has 0 aliphatic rings. The number of carbonyl (C=O) groups is 1. The van der Waals surface area contributed by atoms with Crippen molar-refractivity contribution in [3.05, 3.63) is 83.7 Å². The normalized spacial score (nSPS) is 11.0. The van der Waals surface area contributed by atoms with Crippen LogP contribution in [0.3, 0.4) is 0 Å². The predicted molar refractivity (Wildman–Crippen MR) is 126 cm³/mol. The summed E-state index contributed by atoms with van der Waals surface area (Å²) in [5.74, 6) is 0.359. The van der Waals surface area contributed by atoms with Gasteiger partial charge in [0.2, 0.25) is 5.91 Å². The summed E-state index contributed by atoms with van der Waals surface area (Å²) in [7, 11) is 0. The molecular weight excluding hydrogens is 404 g/mol. The maximum Gasteiger partial charge on any atom is 0.230 e. The highest BCUT2D eigenvalue weighted by Crippen LogP contribution is 2.27. The van der Waals surface area contributed by atoms with Crippen LogP contribution in [0, 0.1) is 13.8 Å². The zero-order valence-electron chi connectivity index (χ0n) is 17.8. The van der Waals surface area contributed by atoms with Gasteiger partial charge in [0.25, 0.3) is 0 Å². The molecule has 0 atom stereocenters. The molecule has 0 spiro atoms. The van der Waals surface area contributed by atoms with Crippen LogP contribution < -0.4 is 5.32 Å². The van der Waals surface area contributed by atoms with Gasteiger partial charge in [0, 0.05) is 24.5 Å². The lowest BCUT2D eigenvalue weighted by Gasteiger charge is -2.06. The van der Waals surface area contributed by atoms with Crippen LogP contribution in [0.4, 0.5) is 0 Å². The fourth-order valence-electron chi connectivity index (χ4n) is 3.40. The Morgan fingerprint density at radius 3 is 2.71 bits per heavy atom. The molecule has 2 heterocycles. The summed E-state index contributed by atoms with van der Waals surface area (Å²) in [6.45, 7) is 4.89. The van der Waals surface area contributed by atoms with Gasteiger partial charge < -0.3 is 5.32 Å². The van der Waals surface area contributed by atoms with Gasteiger partial charge in [0.05, 0.1) is 17.0 Å². The molecule has 0 saturated carbocycles. The van der Waals surface area contributed by atoms with E-state index in [-0.39, 0.29) is 5.91 Å². The number of nitrogens with zero attached hydrogens (tertiary/aromatic N) is 3. The number of hydrogen-bond donors (Lipinski definition) is 1. The van der Waals surface area contributed by atoms with E-state index >= 15 is 0 Å². The van der Waals surface area contributed by atoms with Crippen LogP contribution in [0.15, 0.2) is 72.0 Å². The van der Waals surface area contributed by atoms with E-state index in [4.69, 9.17) is 5.10 Å². The number of aryl methyl sites for hydroxylation is 3. The minimum atomic E-state index is 0.0239. The Labute approximate surface area is 186 Å². The third kappa shape index (κ3) is 5.33. The summed E-state index contributed by atoms with van der Waals surface area (Å²) in [5, 5.41) is 8.51. The van der Waals surface area contributed by atoms with Crippen LogP contribution in [0.2, 0.25) is 0 Å². The molecule has 6 heteroatoms. The van der Waals surface area contributed by atoms with Crippen molar-refractivity contribution < 1.29 is 4.79 Å². The van der Waals surface area contributed by atoms with E-state index in [1.807, 2.05) is 35.0 Å². The van der Waals surface area contributed by atoms with Gasteiger partial charge >= 0.3 is 0 Å². The highest BCUT2D eigenvalue weighted by Gasteiger charge is 2.12. The monoisotopic (exact) mass is 430 g/mol. The molecule has 31 heavy (non-hydrogen) atoms. The molecule has 0 aliphatic heterocycles. The average molecular weight is 431 g/mol. The molecule has 158 valence electrons. The number of carbonyl (C=O) groups excluding carboxylic acids is 1. The molecule has 0 saturated heterocycles. The number of rotatable bonds is 8. The van der Waals surface area contributed by atoms with Gasteiger partial charge in [-0.05, 0) is 55.5 Å². The Hall–Kier alpha value is -3.12. The summed E-state index contributed by atoms with van der Waals surface area (Å²) < 4.78 is 1.83. The van der Waals surface area contributed by atoms with E-state index < -0.39 is 0 Å². The molecular formula is C25H26N4OS. The number of hydrogen-bond acceptors (Lipinski definition) is 4. The van der Waals surface area contributed by atoms with Crippen LogP contribution in [0.5, 0.6) is 0 Å². The molecule has 0 radical (unpaired) electrons. The zero-order valence-corrected chi connectivity index (χ0v) is 18.7. The van der Waals surface area contributed by atoms with Crippen molar-refractivity contribution in [1.29, 1.82) is 0 Å². The van der Waals surface area contributed by atoms with Crippen LogP contribution in [-0.2, 0) is 11.2 Å². The molecule has 0 fully saturated rings. The minimum absolute atomic E-state index is 0.0239. The Bertz CT molecular complexity index is 1190. The van der Waals surface area contributed by atoms with Gasteiger partial charge in [0.15, 0.2) is 0 Å². The molecule has 2 aromatic carbocycles. The lowest BCUT2D eigenvalue weighted by atomic mass is 10.0. The van der Waals surface area contributed by atoms with E-state index in [9.17, 15) is 4.79 Å². The van der Waals surface area contributed by atoms with Crippen molar-refractivity contribution in [2.45, 2.75) is 31.7 Å². The van der Waals surface area contributed by atoms with Crippen LogP contribution >= 0.6 is 11.8 Å². The Kier molecular flexibility index (Phi) is 6.67. The first kappa shape index (κ1) is 21.1. The molecule has 0 unspecified atom stereocenters. The molecule has 4 rings (SSSR count). The Balaban J connectivity index is 1.35. The van der Waals surface area contributed by atoms with Crippen LogP contribution in [0.25, 0.3) is 16.8 Å². The summed E-state index contributed by atoms with van der Waals surface area (Å²) in [6, 6.07) is 18.7. The molecule has 4 aromatic rings. The summed E-state index contributed by atoms with van der Waals surface area (Å²) in [5.41, 5.74) is 6.70. The third-order valence-electron chi connectivity index (χ3n) is 5.30. The van der Waals surface area contributed by atoms with E-state index in [0.29, 0.717) is 12.3 Å². The largest absolute Gasteiger partial charge is 0.355 e. The molecule has 5 nitrogen and oxygen atoms in total. The quantitative estimate of drug-likeness (QED) is 0.321. The molecule has 1 amide bonds. The van der Waals surface area contributed by atoms with Crippen LogP contribution in [0.1, 0.15) is 23.1 Å². The second-order valence-corrected chi connectivity index (χ2v) is 8.58. The first-order valence-corrected chi connectivity index (χ1v) is 11.4. The zero-order chi connectivity index (χ0) is 21.6. The SMILES string of the molecule is Cc1ccc(-c2cc3c(SCC(=O)NCCCc4ccccc4)nccn3n2)cc1C. The van der Waals surface area contributed by atoms with Crippen molar-refractivity contribution in [1.82, 2.24) is 19.9 Å². The molecule has 0 bridgehead atoms. The number of fused-ring (bicyclic) bond motifs is 1. The average Bonchev–Trinajstić information content (AvgIpc) is 3.23. The van der Waals surface area contributed by atoms with E-state index in [0.717, 1.165) is 34.6 Å². The van der Waals surface area contributed by atoms with Crippen molar-refractivity contribution in [3.63, 3.8) is 0 Å². The van der Waals surface area contributed by atoms with Gasteiger partial charge in [-0.1, -0.05) is 54.2 Å². The van der Waals surface area contributed by atoms with Crippen molar-refractivity contribution in [2.24, 2.45) is 0 Å². The summed E-state index contributed by atoms with van der Waals surface area (Å²) >= 11 is 1.44. The van der Waals surface area contributed by atoms with E-state index in [2.05, 4.69) is 54.5 Å². The first-order valence-electron chi connectivity index (χ1n) is 10.5. The molecule has 0 aliphatic carbocycles. The maximum atomic E-state index is 12.3. The second kappa shape index (κ2) is 9.79. The number of thioether (sulfide) groups is 1. The van der Waals surface area contributed by atoms with Gasteiger partial charge in [-0.15, -0.1) is 0 Å². The number of benzene rings is 2. The fraction of sp³-hybridized carbons (Fsp3) is 0.240. The standard InChI is InChI=1S/C25H26N4OS/c1-18-10-11-21(15-19(18)2)22-16-23-25(27-13-14-29(23)28-22)31-17-24(30)26-12-6-9-20-7-4-3-5-8-20/h3-5,7-8,10-11,13-16H,6,9,12,17H2,1-2H3,(H,26,30). The van der Waals surface area contributed by atoms with Gasteiger partial charge in [-0.2, -0.15) is 5.10 Å². The number of amides is 1. The first-order chi connectivity index (χ1) is 15.1. The third-order valence-corrected chi connectivity index (χ3v) is 6.30. The van der Waals surface area contributed by atoms with E-state index in [1.165, 1.54) is 28.5 Å². The maximum absolute atomic E-state index is 12.3. The second-order valence-electron chi connectivity index (χ2n) is 7.62. The highest BCUT2D eigenvalue weighted by atomic mass is 32.2. The predicted octanol–water partition coefficient (Wildman–Crippen LogP) is 4.85. The van der Waals surface area contributed by atoms with Crippen molar-refractivity contribution in [2.75, 3.05) is 12.3 Å².